The van der Waals surface area contributed by atoms with E-state index in [0.717, 1.165) is 126 Å². The molecule has 0 aliphatic heterocycles. The van der Waals surface area contributed by atoms with E-state index in [-0.39, 0.29) is 0 Å². The molecule has 80 heavy (non-hydrogen) atoms. The van der Waals surface area contributed by atoms with Crippen LogP contribution in [0, 0.1) is 0 Å². The van der Waals surface area contributed by atoms with Gasteiger partial charge in [-0.2, -0.15) is 0 Å². The molecule has 0 bridgehead atoms. The summed E-state index contributed by atoms with van der Waals surface area (Å²) in [6, 6.07) is 102. The Kier molecular flexibility index (Phi) is 15.3. The maximum atomic E-state index is 13.7. The Balaban J connectivity index is 0.744. The van der Waals surface area contributed by atoms with E-state index < -0.39 is 11.2 Å². The maximum absolute atomic E-state index is 13.7. The molecule has 0 radical (unpaired) electrons. The van der Waals surface area contributed by atoms with Gasteiger partial charge in [0.2, 0.25) is 0 Å². The lowest BCUT2D eigenvalue weighted by atomic mass is 9.77. The molecule has 2 nitrogen and oxygen atoms in total. The van der Waals surface area contributed by atoms with Crippen molar-refractivity contribution in [3.63, 3.8) is 0 Å². The van der Waals surface area contributed by atoms with Gasteiger partial charge in [0.15, 0.2) is 0 Å². The Morgan fingerprint density at radius 3 is 0.650 bits per heavy atom. The average molecular weight is 1040 g/mol. The second-order valence-electron chi connectivity index (χ2n) is 21.4. The molecule has 2 unspecified atom stereocenters. The van der Waals surface area contributed by atoms with Crippen LogP contribution in [0.15, 0.2) is 291 Å². The number of aliphatic hydroxyl groups is 2. The Morgan fingerprint density at radius 1 is 0.200 bits per heavy atom. The van der Waals surface area contributed by atoms with Crippen LogP contribution in [0.5, 0.6) is 0 Å². The number of unbranched alkanes of at least 4 members (excludes halogenated alkanes) is 5. The smallest absolute Gasteiger partial charge is 0.142 e. The monoisotopic (exact) mass is 1030 g/mol. The summed E-state index contributed by atoms with van der Waals surface area (Å²) in [5.41, 5.74) is 17.6. The van der Waals surface area contributed by atoms with E-state index >= 15 is 0 Å². The zero-order valence-electron chi connectivity index (χ0n) is 45.3. The van der Waals surface area contributed by atoms with E-state index in [9.17, 15) is 10.2 Å². The Hall–Kier alpha value is -8.92. The van der Waals surface area contributed by atoms with Gasteiger partial charge in [0.25, 0.3) is 0 Å². The first-order valence-corrected chi connectivity index (χ1v) is 28.6. The molecule has 390 valence electrons. The summed E-state index contributed by atoms with van der Waals surface area (Å²) in [5, 5.41) is 27.3. The van der Waals surface area contributed by atoms with E-state index in [1.54, 1.807) is 0 Å². The molecule has 2 aliphatic carbocycles. The van der Waals surface area contributed by atoms with Crippen molar-refractivity contribution in [1.29, 1.82) is 0 Å². The highest BCUT2D eigenvalue weighted by Crippen LogP contribution is 2.62. The first-order chi connectivity index (χ1) is 39.5. The largest absolute Gasteiger partial charge is 0.376 e. The van der Waals surface area contributed by atoms with E-state index in [0.29, 0.717) is 0 Å². The third kappa shape index (κ3) is 10.1. The van der Waals surface area contributed by atoms with Gasteiger partial charge in [-0.05, 0) is 115 Å². The van der Waals surface area contributed by atoms with Gasteiger partial charge in [0.05, 0.1) is 0 Å². The summed E-state index contributed by atoms with van der Waals surface area (Å²) >= 11 is 0. The quantitative estimate of drug-likeness (QED) is 0.0793. The number of allylic oxidation sites excluding steroid dienone is 4. The number of benzene rings is 10. The van der Waals surface area contributed by atoms with Crippen molar-refractivity contribution in [3.8, 4) is 0 Å². The molecule has 2 aliphatic rings. The van der Waals surface area contributed by atoms with Crippen LogP contribution in [0.25, 0.3) is 44.6 Å². The van der Waals surface area contributed by atoms with E-state index in [1.807, 2.05) is 60.7 Å². The predicted molar refractivity (Wildman–Crippen MR) is 335 cm³/mol. The molecule has 0 amide bonds. The van der Waals surface area contributed by atoms with Gasteiger partial charge in [-0.3, -0.25) is 0 Å². The fourth-order valence-electron chi connectivity index (χ4n) is 12.6. The summed E-state index contributed by atoms with van der Waals surface area (Å²) in [6.45, 7) is 0. The van der Waals surface area contributed by atoms with Crippen molar-refractivity contribution >= 4 is 44.6 Å². The van der Waals surface area contributed by atoms with Crippen molar-refractivity contribution in [2.24, 2.45) is 0 Å². The minimum atomic E-state index is -1.43. The Bertz CT molecular complexity index is 3550. The molecule has 0 aromatic heterocycles. The zero-order valence-corrected chi connectivity index (χ0v) is 45.3. The lowest BCUT2D eigenvalue weighted by Crippen LogP contribution is -2.27. The third-order valence-electron chi connectivity index (χ3n) is 16.4. The van der Waals surface area contributed by atoms with Crippen LogP contribution in [0.4, 0.5) is 0 Å². The van der Waals surface area contributed by atoms with Crippen LogP contribution >= 0.6 is 0 Å². The van der Waals surface area contributed by atoms with Crippen molar-refractivity contribution in [2.45, 2.75) is 62.6 Å². The minimum Gasteiger partial charge on any atom is -0.376 e. The fourth-order valence-corrected chi connectivity index (χ4v) is 12.6. The van der Waals surface area contributed by atoms with E-state index in [1.165, 1.54) is 36.8 Å². The van der Waals surface area contributed by atoms with Gasteiger partial charge in [-0.25, -0.2) is 0 Å². The number of hydrogen-bond acceptors (Lipinski definition) is 2. The van der Waals surface area contributed by atoms with E-state index in [2.05, 4.69) is 231 Å². The second kappa shape index (κ2) is 23.6. The van der Waals surface area contributed by atoms with Crippen LogP contribution in [-0.4, -0.2) is 10.2 Å². The zero-order chi connectivity index (χ0) is 54.1. The van der Waals surface area contributed by atoms with Gasteiger partial charge in [0, 0.05) is 22.3 Å². The van der Waals surface area contributed by atoms with Crippen LogP contribution in [0.1, 0.15) is 105 Å². The van der Waals surface area contributed by atoms with Crippen LogP contribution in [-0.2, 0) is 24.0 Å². The number of aryl methyl sites for hydroxylation is 2. The summed E-state index contributed by atoms with van der Waals surface area (Å²) < 4.78 is 0. The SMILES string of the molecule is OC1(c2ccccc2)C(c2ccccc2)=C(c2ccccc2)C(c2ccc(CCCCCCCCc3ccc(C4=C(c5ccccc5)C(O)(c5ccccc5)C(c5ccccc5)=C4c4ccccc4)cc3)cc2)=C1c1ccccc1. The molecule has 0 spiro atoms. The Labute approximate surface area is 472 Å². The topological polar surface area (TPSA) is 40.5 Å². The average Bonchev–Trinajstić information content (AvgIpc) is 3.99. The van der Waals surface area contributed by atoms with Crippen LogP contribution < -0.4 is 0 Å². The summed E-state index contributed by atoms with van der Waals surface area (Å²) in [4.78, 5) is 0. The highest BCUT2D eigenvalue weighted by Gasteiger charge is 2.50. The van der Waals surface area contributed by atoms with Gasteiger partial charge in [0.1, 0.15) is 11.2 Å². The molecule has 2 atom stereocenters. The lowest BCUT2D eigenvalue weighted by Gasteiger charge is -2.32. The minimum absolute atomic E-state index is 0.843. The highest BCUT2D eigenvalue weighted by atomic mass is 16.3. The van der Waals surface area contributed by atoms with Crippen LogP contribution in [0.3, 0.4) is 0 Å². The molecule has 2 heteroatoms. The summed E-state index contributed by atoms with van der Waals surface area (Å²) in [7, 11) is 0. The standard InChI is InChI=1S/C78H66O2/c79-77(67-45-27-11-28-46-67)73(63-37-19-7-20-38-63)69(59-33-15-5-16-34-59)71(75(77)65-41-23-9-24-42-65)61-53-49-57(50-54-61)31-13-3-1-2-4-14-32-58-51-55-62(56-52-58)72-70(60-35-17-6-18-36-60)74(64-39-21-8-22-40-64)78(80,68-47-29-12-30-48-68)76(72)66-43-25-10-26-44-66/h5-12,15-30,33-56,79-80H,1-4,13-14,31-32H2. The van der Waals surface area contributed by atoms with Crippen molar-refractivity contribution in [3.05, 3.63) is 358 Å². The number of hydrogen-bond donors (Lipinski definition) is 2. The third-order valence-corrected chi connectivity index (χ3v) is 16.4. The molecule has 12 rings (SSSR count). The predicted octanol–water partition coefficient (Wildman–Crippen LogP) is 18.7. The van der Waals surface area contributed by atoms with Gasteiger partial charge < -0.3 is 10.2 Å². The normalized spacial score (nSPS) is 17.2. The molecule has 2 N–H and O–H groups in total. The highest BCUT2D eigenvalue weighted by molar-refractivity contribution is 6.32. The summed E-state index contributed by atoms with van der Waals surface area (Å²) in [5.74, 6) is 0. The molecule has 10 aromatic rings. The maximum Gasteiger partial charge on any atom is 0.142 e. The molecular formula is C78H66O2. The molecule has 0 heterocycles. The molecule has 10 aromatic carbocycles. The molecule has 0 saturated heterocycles. The summed E-state index contributed by atoms with van der Waals surface area (Å²) in [6.07, 6.45) is 9.17. The van der Waals surface area contributed by atoms with Gasteiger partial charge >= 0.3 is 0 Å². The molecule has 0 saturated carbocycles. The Morgan fingerprint density at radius 2 is 0.400 bits per heavy atom. The van der Waals surface area contributed by atoms with Crippen molar-refractivity contribution in [1.82, 2.24) is 0 Å². The molecule has 0 fully saturated rings. The lowest BCUT2D eigenvalue weighted by molar-refractivity contribution is 0.167. The molecular weight excluding hydrogens is 969 g/mol. The second-order valence-corrected chi connectivity index (χ2v) is 21.4. The van der Waals surface area contributed by atoms with E-state index in [4.69, 9.17) is 0 Å². The first kappa shape index (κ1) is 51.8. The van der Waals surface area contributed by atoms with Gasteiger partial charge in [-0.15, -0.1) is 0 Å². The first-order valence-electron chi connectivity index (χ1n) is 28.6. The van der Waals surface area contributed by atoms with Crippen molar-refractivity contribution < 1.29 is 10.2 Å². The van der Waals surface area contributed by atoms with Crippen LogP contribution in [0.2, 0.25) is 0 Å². The fraction of sp³-hybridized carbons (Fsp3) is 0.128. The van der Waals surface area contributed by atoms with Gasteiger partial charge in [-0.1, -0.05) is 317 Å². The number of rotatable bonds is 19. The van der Waals surface area contributed by atoms with Crippen molar-refractivity contribution in [2.75, 3.05) is 0 Å².